The summed E-state index contributed by atoms with van der Waals surface area (Å²) < 4.78 is 19.2. The second-order valence-electron chi connectivity index (χ2n) is 5.27. The van der Waals surface area contributed by atoms with E-state index in [1.54, 1.807) is 6.07 Å². The molecule has 0 fully saturated rings. The molecule has 0 amide bonds. The lowest BCUT2D eigenvalue weighted by atomic mass is 9.98. The van der Waals surface area contributed by atoms with Crippen molar-refractivity contribution < 1.29 is 9.13 Å². The molecule has 0 saturated heterocycles. The largest absolute Gasteiger partial charge is 0.457 e. The van der Waals surface area contributed by atoms with Gasteiger partial charge >= 0.3 is 0 Å². The first-order valence-corrected chi connectivity index (χ1v) is 6.77. The highest BCUT2D eigenvalue weighted by Gasteiger charge is 2.07. The van der Waals surface area contributed by atoms with E-state index >= 15 is 0 Å². The first-order chi connectivity index (χ1) is 9.49. The zero-order chi connectivity index (χ0) is 14.7. The molecule has 2 aromatic rings. The van der Waals surface area contributed by atoms with Crippen molar-refractivity contribution in [3.05, 3.63) is 58.9 Å². The van der Waals surface area contributed by atoms with Gasteiger partial charge in [-0.1, -0.05) is 19.9 Å². The Morgan fingerprint density at radius 3 is 2.45 bits per heavy atom. The van der Waals surface area contributed by atoms with E-state index in [2.05, 4.69) is 26.8 Å². The summed E-state index contributed by atoms with van der Waals surface area (Å²) in [5, 5.41) is 0. The van der Waals surface area contributed by atoms with Crippen molar-refractivity contribution in [2.45, 2.75) is 33.2 Å². The standard InChI is InChI=1S/C17H20FNO/c1-11(2)17-5-4-15(6-12(17)3)20-16-8-13(10-19)7-14(18)9-16/h4-9,11H,10,19H2,1-3H3. The van der Waals surface area contributed by atoms with E-state index in [0.717, 1.165) is 5.56 Å². The molecule has 106 valence electrons. The SMILES string of the molecule is Cc1cc(Oc2cc(F)cc(CN)c2)ccc1C(C)C. The minimum Gasteiger partial charge on any atom is -0.457 e. The van der Waals surface area contributed by atoms with Crippen LogP contribution in [0.4, 0.5) is 4.39 Å². The van der Waals surface area contributed by atoms with Crippen LogP contribution >= 0.6 is 0 Å². The molecule has 2 rings (SSSR count). The Labute approximate surface area is 119 Å². The number of benzene rings is 2. The van der Waals surface area contributed by atoms with Gasteiger partial charge in [-0.2, -0.15) is 0 Å². The Balaban J connectivity index is 2.26. The number of halogens is 1. The summed E-state index contributed by atoms with van der Waals surface area (Å²) >= 11 is 0. The maximum absolute atomic E-state index is 13.4. The molecule has 2 nitrogen and oxygen atoms in total. The smallest absolute Gasteiger partial charge is 0.130 e. The van der Waals surface area contributed by atoms with Gasteiger partial charge in [0, 0.05) is 12.6 Å². The maximum atomic E-state index is 13.4. The predicted molar refractivity (Wildman–Crippen MR) is 79.6 cm³/mol. The summed E-state index contributed by atoms with van der Waals surface area (Å²) in [6.45, 7) is 6.66. The Morgan fingerprint density at radius 2 is 1.85 bits per heavy atom. The molecular formula is C17H20FNO. The van der Waals surface area contributed by atoms with Crippen LogP contribution in [0.25, 0.3) is 0 Å². The number of nitrogens with two attached hydrogens (primary N) is 1. The Bertz CT molecular complexity index is 608. The summed E-state index contributed by atoms with van der Waals surface area (Å²) in [5.74, 6) is 1.32. The highest BCUT2D eigenvalue weighted by Crippen LogP contribution is 2.28. The van der Waals surface area contributed by atoms with Crippen LogP contribution < -0.4 is 10.5 Å². The van der Waals surface area contributed by atoms with Gasteiger partial charge in [0.15, 0.2) is 0 Å². The van der Waals surface area contributed by atoms with E-state index in [0.29, 0.717) is 24.0 Å². The third-order valence-corrected chi connectivity index (χ3v) is 3.27. The van der Waals surface area contributed by atoms with Crippen LogP contribution in [0.1, 0.15) is 36.5 Å². The van der Waals surface area contributed by atoms with Gasteiger partial charge in [0.25, 0.3) is 0 Å². The first kappa shape index (κ1) is 14.5. The molecule has 0 radical (unpaired) electrons. The topological polar surface area (TPSA) is 35.2 Å². The molecule has 0 aliphatic carbocycles. The van der Waals surface area contributed by atoms with Crippen molar-refractivity contribution in [3.63, 3.8) is 0 Å². The van der Waals surface area contributed by atoms with Crippen molar-refractivity contribution in [1.82, 2.24) is 0 Å². The monoisotopic (exact) mass is 273 g/mol. The number of rotatable bonds is 4. The van der Waals surface area contributed by atoms with Crippen molar-refractivity contribution in [2.75, 3.05) is 0 Å². The molecule has 2 aromatic carbocycles. The van der Waals surface area contributed by atoms with Crippen LogP contribution in [0.2, 0.25) is 0 Å². The minimum atomic E-state index is -0.335. The fourth-order valence-corrected chi connectivity index (χ4v) is 2.29. The Morgan fingerprint density at radius 1 is 1.10 bits per heavy atom. The molecule has 0 atom stereocenters. The molecule has 2 N–H and O–H groups in total. The maximum Gasteiger partial charge on any atom is 0.130 e. The molecule has 0 aliphatic heterocycles. The van der Waals surface area contributed by atoms with Gasteiger partial charge in [0.1, 0.15) is 17.3 Å². The lowest BCUT2D eigenvalue weighted by Gasteiger charge is -2.13. The fourth-order valence-electron chi connectivity index (χ4n) is 2.29. The van der Waals surface area contributed by atoms with Gasteiger partial charge in [-0.25, -0.2) is 4.39 Å². The summed E-state index contributed by atoms with van der Waals surface area (Å²) in [4.78, 5) is 0. The second-order valence-corrected chi connectivity index (χ2v) is 5.27. The third-order valence-electron chi connectivity index (χ3n) is 3.27. The normalized spacial score (nSPS) is 10.9. The van der Waals surface area contributed by atoms with E-state index < -0.39 is 0 Å². The lowest BCUT2D eigenvalue weighted by Crippen LogP contribution is -1.98. The molecular weight excluding hydrogens is 253 g/mol. The number of aryl methyl sites for hydroxylation is 1. The predicted octanol–water partition coefficient (Wildman–Crippen LogP) is 4.51. The van der Waals surface area contributed by atoms with E-state index in [1.807, 2.05) is 12.1 Å². The molecule has 3 heteroatoms. The van der Waals surface area contributed by atoms with Gasteiger partial charge in [0.05, 0.1) is 0 Å². The molecule has 20 heavy (non-hydrogen) atoms. The van der Waals surface area contributed by atoms with Crippen molar-refractivity contribution in [3.8, 4) is 11.5 Å². The molecule has 0 aliphatic rings. The minimum absolute atomic E-state index is 0.291. The van der Waals surface area contributed by atoms with Gasteiger partial charge in [-0.3, -0.25) is 0 Å². The summed E-state index contributed by atoms with van der Waals surface area (Å²) in [6, 6.07) is 10.5. The van der Waals surface area contributed by atoms with Gasteiger partial charge < -0.3 is 10.5 Å². The second kappa shape index (κ2) is 6.06. The molecule has 0 bridgehead atoms. The zero-order valence-corrected chi connectivity index (χ0v) is 12.1. The van der Waals surface area contributed by atoms with E-state index in [1.165, 1.54) is 23.3 Å². The fraction of sp³-hybridized carbons (Fsp3) is 0.294. The van der Waals surface area contributed by atoms with Crippen LogP contribution in [-0.4, -0.2) is 0 Å². The van der Waals surface area contributed by atoms with Crippen molar-refractivity contribution in [2.24, 2.45) is 5.73 Å². The van der Waals surface area contributed by atoms with Crippen LogP contribution in [-0.2, 0) is 6.54 Å². The summed E-state index contributed by atoms with van der Waals surface area (Å²) in [7, 11) is 0. The quantitative estimate of drug-likeness (QED) is 0.889. The van der Waals surface area contributed by atoms with Gasteiger partial charge in [-0.15, -0.1) is 0 Å². The molecule has 0 aromatic heterocycles. The molecule has 0 spiro atoms. The lowest BCUT2D eigenvalue weighted by molar-refractivity contribution is 0.475. The third kappa shape index (κ3) is 3.36. The highest BCUT2D eigenvalue weighted by atomic mass is 19.1. The number of hydrogen-bond donors (Lipinski definition) is 1. The van der Waals surface area contributed by atoms with E-state index in [-0.39, 0.29) is 5.82 Å². The van der Waals surface area contributed by atoms with Crippen LogP contribution in [0.5, 0.6) is 11.5 Å². The van der Waals surface area contributed by atoms with Gasteiger partial charge in [0.2, 0.25) is 0 Å². The van der Waals surface area contributed by atoms with Crippen LogP contribution in [0.15, 0.2) is 36.4 Å². The average molecular weight is 273 g/mol. The molecule has 0 unspecified atom stereocenters. The van der Waals surface area contributed by atoms with Gasteiger partial charge in [-0.05, 0) is 53.8 Å². The molecule has 0 saturated carbocycles. The first-order valence-electron chi connectivity index (χ1n) is 6.77. The number of hydrogen-bond acceptors (Lipinski definition) is 2. The van der Waals surface area contributed by atoms with E-state index in [4.69, 9.17) is 10.5 Å². The van der Waals surface area contributed by atoms with Crippen LogP contribution in [0, 0.1) is 12.7 Å². The Kier molecular flexibility index (Phi) is 4.40. The highest BCUT2D eigenvalue weighted by molar-refractivity contribution is 5.40. The number of ether oxygens (including phenoxy) is 1. The van der Waals surface area contributed by atoms with Crippen LogP contribution in [0.3, 0.4) is 0 Å². The average Bonchev–Trinajstić information content (AvgIpc) is 2.37. The zero-order valence-electron chi connectivity index (χ0n) is 12.1. The summed E-state index contributed by atoms with van der Waals surface area (Å²) in [6.07, 6.45) is 0. The van der Waals surface area contributed by atoms with Crippen molar-refractivity contribution in [1.29, 1.82) is 0 Å². The summed E-state index contributed by atoms with van der Waals surface area (Å²) in [5.41, 5.74) is 8.72. The van der Waals surface area contributed by atoms with Crippen molar-refractivity contribution >= 4 is 0 Å². The van der Waals surface area contributed by atoms with E-state index in [9.17, 15) is 4.39 Å². The Hall–Kier alpha value is -1.87. The molecule has 0 heterocycles.